The standard InChI is InChI=1S/C14H15FN2O3S2/c15-12-5-3-10(4-6-12)8-11(14(16)18)9-17-22(19,20)13-2-1-7-21-13/h1-7,11,17H,8-9H2,(H2,16,18). The number of hydrogen-bond acceptors (Lipinski definition) is 4. The summed E-state index contributed by atoms with van der Waals surface area (Å²) in [6.45, 7) is -0.104. The van der Waals surface area contributed by atoms with Gasteiger partial charge in [0.25, 0.3) is 0 Å². The van der Waals surface area contributed by atoms with E-state index in [0.717, 1.165) is 11.3 Å². The molecular weight excluding hydrogens is 327 g/mol. The first-order chi connectivity index (χ1) is 10.4. The van der Waals surface area contributed by atoms with Gasteiger partial charge in [-0.1, -0.05) is 18.2 Å². The summed E-state index contributed by atoms with van der Waals surface area (Å²) in [5, 5.41) is 1.65. The minimum absolute atomic E-state index is 0.104. The highest BCUT2D eigenvalue weighted by Gasteiger charge is 2.21. The topological polar surface area (TPSA) is 89.3 Å². The van der Waals surface area contributed by atoms with Crippen molar-refractivity contribution in [3.63, 3.8) is 0 Å². The van der Waals surface area contributed by atoms with Gasteiger partial charge in [0.2, 0.25) is 15.9 Å². The van der Waals surface area contributed by atoms with E-state index in [0.29, 0.717) is 5.56 Å². The Kier molecular flexibility index (Phi) is 5.28. The van der Waals surface area contributed by atoms with Crippen molar-refractivity contribution in [2.75, 3.05) is 6.54 Å². The lowest BCUT2D eigenvalue weighted by atomic mass is 9.99. The molecule has 2 rings (SSSR count). The number of hydrogen-bond donors (Lipinski definition) is 2. The number of primary amides is 1. The third-order valence-electron chi connectivity index (χ3n) is 3.08. The van der Waals surface area contributed by atoms with Gasteiger partial charge >= 0.3 is 0 Å². The van der Waals surface area contributed by atoms with Crippen LogP contribution in [0.25, 0.3) is 0 Å². The lowest BCUT2D eigenvalue weighted by molar-refractivity contribution is -0.121. The second kappa shape index (κ2) is 6.99. The van der Waals surface area contributed by atoms with Gasteiger partial charge in [0.1, 0.15) is 10.0 Å². The van der Waals surface area contributed by atoms with Crippen LogP contribution in [0.15, 0.2) is 46.0 Å². The van der Waals surface area contributed by atoms with Gasteiger partial charge in [-0.3, -0.25) is 4.79 Å². The molecule has 5 nitrogen and oxygen atoms in total. The van der Waals surface area contributed by atoms with Crippen molar-refractivity contribution in [3.8, 4) is 0 Å². The SMILES string of the molecule is NC(=O)C(CNS(=O)(=O)c1cccs1)Cc1ccc(F)cc1. The summed E-state index contributed by atoms with van der Waals surface area (Å²) < 4.78 is 39.5. The van der Waals surface area contributed by atoms with Crippen molar-refractivity contribution < 1.29 is 17.6 Å². The number of sulfonamides is 1. The molecule has 118 valence electrons. The zero-order chi connectivity index (χ0) is 16.2. The van der Waals surface area contributed by atoms with E-state index in [9.17, 15) is 17.6 Å². The molecule has 0 saturated heterocycles. The number of nitrogens with two attached hydrogens (primary N) is 1. The van der Waals surface area contributed by atoms with Gasteiger partial charge in [-0.15, -0.1) is 11.3 Å². The van der Waals surface area contributed by atoms with Crippen LogP contribution in [0, 0.1) is 11.7 Å². The summed E-state index contributed by atoms with van der Waals surface area (Å²) >= 11 is 1.09. The molecule has 3 N–H and O–H groups in total. The number of rotatable bonds is 7. The number of carbonyl (C=O) groups excluding carboxylic acids is 1. The summed E-state index contributed by atoms with van der Waals surface area (Å²) in [7, 11) is -3.64. The Balaban J connectivity index is 2.03. The van der Waals surface area contributed by atoms with E-state index in [1.165, 1.54) is 18.2 Å². The van der Waals surface area contributed by atoms with Gasteiger partial charge in [0.15, 0.2) is 0 Å². The summed E-state index contributed by atoms with van der Waals surface area (Å²) in [6, 6.07) is 8.75. The van der Waals surface area contributed by atoms with Gasteiger partial charge in [-0.2, -0.15) is 0 Å². The highest BCUT2D eigenvalue weighted by Crippen LogP contribution is 2.16. The minimum atomic E-state index is -3.64. The maximum absolute atomic E-state index is 12.9. The normalized spacial score (nSPS) is 13.0. The van der Waals surface area contributed by atoms with Crippen LogP contribution in [-0.4, -0.2) is 20.9 Å². The Bertz CT molecular complexity index is 728. The molecule has 1 amide bonds. The van der Waals surface area contributed by atoms with E-state index in [1.807, 2.05) is 0 Å². The van der Waals surface area contributed by atoms with Crippen LogP contribution in [0.4, 0.5) is 4.39 Å². The van der Waals surface area contributed by atoms with E-state index in [-0.39, 0.29) is 23.0 Å². The van der Waals surface area contributed by atoms with Crippen molar-refractivity contribution in [3.05, 3.63) is 53.2 Å². The largest absolute Gasteiger partial charge is 0.369 e. The molecule has 1 heterocycles. The lowest BCUT2D eigenvalue weighted by Gasteiger charge is -2.14. The maximum Gasteiger partial charge on any atom is 0.250 e. The Morgan fingerprint density at radius 1 is 1.27 bits per heavy atom. The van der Waals surface area contributed by atoms with E-state index in [2.05, 4.69) is 4.72 Å². The van der Waals surface area contributed by atoms with Crippen LogP contribution < -0.4 is 10.5 Å². The maximum atomic E-state index is 12.9. The summed E-state index contributed by atoms with van der Waals surface area (Å²) in [5.41, 5.74) is 6.03. The third-order valence-corrected chi connectivity index (χ3v) is 5.90. The quantitative estimate of drug-likeness (QED) is 0.799. The van der Waals surface area contributed by atoms with Crippen molar-refractivity contribution in [1.82, 2.24) is 4.72 Å². The number of carbonyl (C=O) groups is 1. The molecule has 0 aliphatic rings. The molecule has 0 radical (unpaired) electrons. The van der Waals surface area contributed by atoms with Crippen molar-refractivity contribution in [2.24, 2.45) is 11.7 Å². The Morgan fingerprint density at radius 3 is 2.50 bits per heavy atom. The van der Waals surface area contributed by atoms with Gasteiger partial charge < -0.3 is 5.73 Å². The fraction of sp³-hybridized carbons (Fsp3) is 0.214. The second-order valence-electron chi connectivity index (χ2n) is 4.71. The first kappa shape index (κ1) is 16.6. The van der Waals surface area contributed by atoms with Crippen LogP contribution in [0.1, 0.15) is 5.56 Å². The molecule has 1 atom stereocenters. The molecule has 1 aromatic carbocycles. The summed E-state index contributed by atoms with van der Waals surface area (Å²) in [6.07, 6.45) is 0.239. The number of benzene rings is 1. The lowest BCUT2D eigenvalue weighted by Crippen LogP contribution is -2.37. The first-order valence-corrected chi connectivity index (χ1v) is 8.81. The van der Waals surface area contributed by atoms with Gasteiger partial charge in [0.05, 0.1) is 5.92 Å². The first-order valence-electron chi connectivity index (χ1n) is 6.45. The van der Waals surface area contributed by atoms with Crippen LogP contribution in [0.3, 0.4) is 0 Å². The smallest absolute Gasteiger partial charge is 0.250 e. The van der Waals surface area contributed by atoms with Crippen molar-refractivity contribution in [2.45, 2.75) is 10.6 Å². The number of halogens is 1. The zero-order valence-electron chi connectivity index (χ0n) is 11.5. The van der Waals surface area contributed by atoms with E-state index >= 15 is 0 Å². The molecule has 0 saturated carbocycles. The Morgan fingerprint density at radius 2 is 1.95 bits per heavy atom. The highest BCUT2D eigenvalue weighted by molar-refractivity contribution is 7.91. The Hall–Kier alpha value is -1.77. The molecule has 1 unspecified atom stereocenters. The Labute approximate surface area is 132 Å². The molecule has 1 aromatic heterocycles. The molecule has 2 aromatic rings. The van der Waals surface area contributed by atoms with Crippen molar-refractivity contribution >= 4 is 27.3 Å². The molecular formula is C14H15FN2O3S2. The third kappa shape index (κ3) is 4.36. The molecule has 0 fully saturated rings. The van der Waals surface area contributed by atoms with Crippen molar-refractivity contribution in [1.29, 1.82) is 0 Å². The summed E-state index contributed by atoms with van der Waals surface area (Å²) in [5.74, 6) is -1.70. The predicted octanol–water partition coefficient (Wildman–Crippen LogP) is 1.51. The highest BCUT2D eigenvalue weighted by atomic mass is 32.2. The van der Waals surface area contributed by atoms with Crippen LogP contribution in [-0.2, 0) is 21.2 Å². The predicted molar refractivity (Wildman–Crippen MR) is 82.3 cm³/mol. The van der Waals surface area contributed by atoms with Crippen LogP contribution in [0.2, 0.25) is 0 Å². The number of thiophene rings is 1. The minimum Gasteiger partial charge on any atom is -0.369 e. The monoisotopic (exact) mass is 342 g/mol. The molecule has 8 heteroatoms. The fourth-order valence-electron chi connectivity index (χ4n) is 1.88. The summed E-state index contributed by atoms with van der Waals surface area (Å²) in [4.78, 5) is 11.5. The molecule has 0 bridgehead atoms. The van der Waals surface area contributed by atoms with E-state index in [1.54, 1.807) is 23.6 Å². The fourth-order valence-corrected chi connectivity index (χ4v) is 4.00. The molecule has 0 aliphatic carbocycles. The van der Waals surface area contributed by atoms with E-state index < -0.39 is 21.8 Å². The number of amides is 1. The van der Waals surface area contributed by atoms with Crippen LogP contribution in [0.5, 0.6) is 0 Å². The molecule has 0 spiro atoms. The van der Waals surface area contributed by atoms with Gasteiger partial charge in [-0.05, 0) is 35.6 Å². The van der Waals surface area contributed by atoms with E-state index in [4.69, 9.17) is 5.73 Å². The van der Waals surface area contributed by atoms with Gasteiger partial charge in [0, 0.05) is 6.54 Å². The number of nitrogens with one attached hydrogen (secondary N) is 1. The second-order valence-corrected chi connectivity index (χ2v) is 7.66. The molecule has 22 heavy (non-hydrogen) atoms. The molecule has 0 aliphatic heterocycles. The zero-order valence-corrected chi connectivity index (χ0v) is 13.2. The average Bonchev–Trinajstić information content (AvgIpc) is 3.00. The van der Waals surface area contributed by atoms with Gasteiger partial charge in [-0.25, -0.2) is 17.5 Å². The van der Waals surface area contributed by atoms with Crippen LogP contribution >= 0.6 is 11.3 Å². The average molecular weight is 342 g/mol.